The van der Waals surface area contributed by atoms with Crippen molar-refractivity contribution in [1.29, 1.82) is 0 Å². The van der Waals surface area contributed by atoms with Crippen LogP contribution < -0.4 is 9.62 Å². The minimum atomic E-state index is -3.80. The van der Waals surface area contributed by atoms with E-state index in [4.69, 9.17) is 0 Å². The first-order valence-corrected chi connectivity index (χ1v) is 9.96. The lowest BCUT2D eigenvalue weighted by atomic mass is 10.2. The van der Waals surface area contributed by atoms with Crippen LogP contribution >= 0.6 is 0 Å². The van der Waals surface area contributed by atoms with Crippen LogP contribution in [0.4, 0.5) is 5.69 Å². The molecule has 1 fully saturated rings. The van der Waals surface area contributed by atoms with Crippen LogP contribution in [0.2, 0.25) is 0 Å². The van der Waals surface area contributed by atoms with Crippen LogP contribution in [0.25, 0.3) is 0 Å². The molecule has 142 valence electrons. The Morgan fingerprint density at radius 2 is 1.96 bits per heavy atom. The number of anilines is 1. The first-order chi connectivity index (χ1) is 12.9. The zero-order valence-corrected chi connectivity index (χ0v) is 15.7. The largest absolute Gasteiger partial charge is 0.465 e. The molecule has 1 amide bonds. The molecule has 0 spiro atoms. The SMILES string of the molecule is COC(=O)c1cccc(S(=O)(=O)NCc2cccc(N3CCCC3=O)c2)c1. The van der Waals surface area contributed by atoms with Crippen molar-refractivity contribution >= 4 is 27.6 Å². The van der Waals surface area contributed by atoms with Gasteiger partial charge in [-0.15, -0.1) is 0 Å². The Bertz CT molecular complexity index is 972. The van der Waals surface area contributed by atoms with Gasteiger partial charge in [-0.25, -0.2) is 17.9 Å². The van der Waals surface area contributed by atoms with Crippen molar-refractivity contribution in [2.75, 3.05) is 18.6 Å². The fraction of sp³-hybridized carbons (Fsp3) is 0.263. The zero-order valence-electron chi connectivity index (χ0n) is 14.8. The fourth-order valence-corrected chi connectivity index (χ4v) is 3.99. The molecule has 0 radical (unpaired) electrons. The maximum absolute atomic E-state index is 12.5. The summed E-state index contributed by atoms with van der Waals surface area (Å²) in [5.41, 5.74) is 1.66. The van der Waals surface area contributed by atoms with Crippen molar-refractivity contribution < 1.29 is 22.7 Å². The van der Waals surface area contributed by atoms with Crippen molar-refractivity contribution in [2.45, 2.75) is 24.3 Å². The third kappa shape index (κ3) is 4.35. The standard InChI is InChI=1S/C19H20N2O5S/c1-26-19(23)15-6-3-8-17(12-15)27(24,25)20-13-14-5-2-7-16(11-14)21-10-4-9-18(21)22/h2-3,5-8,11-12,20H,4,9-10,13H2,1H3. The molecule has 0 bridgehead atoms. The third-order valence-electron chi connectivity index (χ3n) is 4.33. The second-order valence-corrected chi connectivity index (χ2v) is 7.93. The van der Waals surface area contributed by atoms with E-state index in [0.29, 0.717) is 13.0 Å². The molecule has 8 heteroatoms. The van der Waals surface area contributed by atoms with E-state index in [1.807, 2.05) is 6.07 Å². The first-order valence-electron chi connectivity index (χ1n) is 8.48. The fourth-order valence-electron chi connectivity index (χ4n) is 2.93. The number of esters is 1. The van der Waals surface area contributed by atoms with Crippen LogP contribution in [0, 0.1) is 0 Å². The minimum Gasteiger partial charge on any atom is -0.465 e. The van der Waals surface area contributed by atoms with Gasteiger partial charge >= 0.3 is 5.97 Å². The van der Waals surface area contributed by atoms with Crippen molar-refractivity contribution in [3.05, 3.63) is 59.7 Å². The van der Waals surface area contributed by atoms with E-state index < -0.39 is 16.0 Å². The Morgan fingerprint density at radius 3 is 2.67 bits per heavy atom. The van der Waals surface area contributed by atoms with E-state index in [9.17, 15) is 18.0 Å². The Kier molecular flexibility index (Phi) is 5.57. The molecule has 27 heavy (non-hydrogen) atoms. The highest BCUT2D eigenvalue weighted by Crippen LogP contribution is 2.22. The van der Waals surface area contributed by atoms with Gasteiger partial charge in [0.15, 0.2) is 0 Å². The van der Waals surface area contributed by atoms with Gasteiger partial charge in [0.1, 0.15) is 0 Å². The number of methoxy groups -OCH3 is 1. The molecule has 1 heterocycles. The smallest absolute Gasteiger partial charge is 0.337 e. The minimum absolute atomic E-state index is 0.0173. The molecule has 7 nitrogen and oxygen atoms in total. The van der Waals surface area contributed by atoms with Crippen LogP contribution in [-0.2, 0) is 26.1 Å². The Labute approximate surface area is 158 Å². The summed E-state index contributed by atoms with van der Waals surface area (Å²) in [6.07, 6.45) is 1.36. The van der Waals surface area contributed by atoms with E-state index >= 15 is 0 Å². The average molecular weight is 388 g/mol. The number of sulfonamides is 1. The Hall–Kier alpha value is -2.71. The van der Waals surface area contributed by atoms with Crippen LogP contribution in [0.15, 0.2) is 53.4 Å². The summed E-state index contributed by atoms with van der Waals surface area (Å²) in [6.45, 7) is 0.745. The van der Waals surface area contributed by atoms with E-state index in [1.165, 1.54) is 31.4 Å². The van der Waals surface area contributed by atoms with Crippen molar-refractivity contribution in [3.8, 4) is 0 Å². The highest BCUT2D eigenvalue weighted by molar-refractivity contribution is 7.89. The quantitative estimate of drug-likeness (QED) is 0.765. The van der Waals surface area contributed by atoms with E-state index in [1.54, 1.807) is 23.1 Å². The molecule has 2 aromatic rings. The molecular formula is C19H20N2O5S. The molecule has 2 aromatic carbocycles. The number of amides is 1. The molecule has 1 aliphatic rings. The maximum atomic E-state index is 12.5. The summed E-state index contributed by atoms with van der Waals surface area (Å²) < 4.78 is 32.2. The average Bonchev–Trinajstić information content (AvgIpc) is 3.12. The van der Waals surface area contributed by atoms with E-state index in [-0.39, 0.29) is 22.9 Å². The molecule has 0 aromatic heterocycles. The summed E-state index contributed by atoms with van der Waals surface area (Å²) in [4.78, 5) is 25.2. The van der Waals surface area contributed by atoms with Gasteiger partial charge in [-0.05, 0) is 42.3 Å². The van der Waals surface area contributed by atoms with Gasteiger partial charge in [0, 0.05) is 25.2 Å². The maximum Gasteiger partial charge on any atom is 0.337 e. The number of hydrogen-bond acceptors (Lipinski definition) is 5. The second kappa shape index (κ2) is 7.89. The van der Waals surface area contributed by atoms with Crippen molar-refractivity contribution in [3.63, 3.8) is 0 Å². The van der Waals surface area contributed by atoms with Gasteiger partial charge in [-0.1, -0.05) is 18.2 Å². The van der Waals surface area contributed by atoms with Gasteiger partial charge in [0.05, 0.1) is 17.6 Å². The monoisotopic (exact) mass is 388 g/mol. The lowest BCUT2D eigenvalue weighted by molar-refractivity contribution is -0.117. The summed E-state index contributed by atoms with van der Waals surface area (Å²) in [5.74, 6) is -0.526. The number of nitrogens with zero attached hydrogens (tertiary/aromatic N) is 1. The Morgan fingerprint density at radius 1 is 1.19 bits per heavy atom. The van der Waals surface area contributed by atoms with Gasteiger partial charge < -0.3 is 9.64 Å². The van der Waals surface area contributed by atoms with E-state index in [0.717, 1.165) is 17.7 Å². The van der Waals surface area contributed by atoms with Crippen molar-refractivity contribution in [1.82, 2.24) is 4.72 Å². The molecule has 1 saturated heterocycles. The molecule has 0 saturated carbocycles. The molecule has 0 atom stereocenters. The highest BCUT2D eigenvalue weighted by atomic mass is 32.2. The van der Waals surface area contributed by atoms with Gasteiger partial charge in [-0.2, -0.15) is 0 Å². The molecule has 3 rings (SSSR count). The molecule has 0 aliphatic carbocycles. The van der Waals surface area contributed by atoms with Crippen molar-refractivity contribution in [2.24, 2.45) is 0 Å². The highest BCUT2D eigenvalue weighted by Gasteiger charge is 2.22. The summed E-state index contributed by atoms with van der Waals surface area (Å²) >= 11 is 0. The summed E-state index contributed by atoms with van der Waals surface area (Å²) in [7, 11) is -2.57. The number of nitrogens with one attached hydrogen (secondary N) is 1. The topological polar surface area (TPSA) is 92.8 Å². The number of carbonyl (C=O) groups excluding carboxylic acids is 2. The normalized spacial score (nSPS) is 14.4. The lowest BCUT2D eigenvalue weighted by Crippen LogP contribution is -2.25. The van der Waals surface area contributed by atoms with Gasteiger partial charge in [0.25, 0.3) is 0 Å². The number of carbonyl (C=O) groups is 2. The third-order valence-corrected chi connectivity index (χ3v) is 5.73. The predicted octanol–water partition coefficient (Wildman–Crippen LogP) is 2.08. The second-order valence-electron chi connectivity index (χ2n) is 6.16. The van der Waals surface area contributed by atoms with Crippen LogP contribution in [-0.4, -0.2) is 33.9 Å². The first kappa shape index (κ1) is 19.1. The summed E-state index contributed by atoms with van der Waals surface area (Å²) in [6, 6.07) is 12.9. The summed E-state index contributed by atoms with van der Waals surface area (Å²) in [5, 5.41) is 0. The molecule has 1 N–H and O–H groups in total. The van der Waals surface area contributed by atoms with Crippen LogP contribution in [0.1, 0.15) is 28.8 Å². The number of benzene rings is 2. The van der Waals surface area contributed by atoms with Gasteiger partial charge in [-0.3, -0.25) is 4.79 Å². The molecular weight excluding hydrogens is 368 g/mol. The number of rotatable bonds is 6. The zero-order chi connectivity index (χ0) is 19.4. The molecule has 0 unspecified atom stereocenters. The number of ether oxygens (including phenoxy) is 1. The number of hydrogen-bond donors (Lipinski definition) is 1. The van der Waals surface area contributed by atoms with Crippen LogP contribution in [0.3, 0.4) is 0 Å². The van der Waals surface area contributed by atoms with Gasteiger partial charge in [0.2, 0.25) is 15.9 Å². The van der Waals surface area contributed by atoms with Crippen LogP contribution in [0.5, 0.6) is 0 Å². The Balaban J connectivity index is 1.74. The molecule has 1 aliphatic heterocycles. The predicted molar refractivity (Wildman–Crippen MR) is 99.8 cm³/mol. The van der Waals surface area contributed by atoms with E-state index in [2.05, 4.69) is 9.46 Å². The lowest BCUT2D eigenvalue weighted by Gasteiger charge is -2.16.